The summed E-state index contributed by atoms with van der Waals surface area (Å²) < 4.78 is 13.1. The van der Waals surface area contributed by atoms with Gasteiger partial charge in [-0.25, -0.2) is 4.39 Å². The van der Waals surface area contributed by atoms with Gasteiger partial charge in [0.05, 0.1) is 16.9 Å². The normalized spacial score (nSPS) is 22.0. The number of aliphatic carboxylic acids is 1. The van der Waals surface area contributed by atoms with Crippen LogP contribution in [-0.4, -0.2) is 17.0 Å². The molecule has 0 aromatic heterocycles. The maximum absolute atomic E-state index is 13.1. The molecule has 1 fully saturated rings. The number of carbonyl (C=O) groups excluding carboxylic acids is 1. The summed E-state index contributed by atoms with van der Waals surface area (Å²) in [4.78, 5) is 22.1. The lowest BCUT2D eigenvalue weighted by Gasteiger charge is -2.04. The van der Waals surface area contributed by atoms with Crippen molar-refractivity contribution in [3.05, 3.63) is 29.0 Å². The van der Waals surface area contributed by atoms with Crippen LogP contribution in [0.25, 0.3) is 0 Å². The van der Waals surface area contributed by atoms with Gasteiger partial charge in [-0.2, -0.15) is 0 Å². The van der Waals surface area contributed by atoms with Gasteiger partial charge in [-0.1, -0.05) is 11.6 Å². The van der Waals surface area contributed by atoms with Crippen LogP contribution in [0.2, 0.25) is 5.02 Å². The topological polar surface area (TPSA) is 66.4 Å². The minimum absolute atomic E-state index is 0.0298. The molecule has 1 aliphatic carbocycles. The molecule has 2 rings (SSSR count). The minimum Gasteiger partial charge on any atom is -0.481 e. The molecule has 0 heterocycles. The highest BCUT2D eigenvalue weighted by Gasteiger charge is 2.48. The predicted molar refractivity (Wildman–Crippen MR) is 59.3 cm³/mol. The summed E-state index contributed by atoms with van der Waals surface area (Å²) in [5.41, 5.74) is 0.271. The van der Waals surface area contributed by atoms with E-state index in [1.165, 1.54) is 12.1 Å². The number of halogens is 2. The molecular formula is C11H9ClFNO3. The van der Waals surface area contributed by atoms with Crippen LogP contribution in [0.15, 0.2) is 18.2 Å². The van der Waals surface area contributed by atoms with E-state index in [1.807, 2.05) is 0 Å². The third-order valence-corrected chi connectivity index (χ3v) is 2.94. The number of nitrogens with one attached hydrogen (secondary N) is 1. The highest BCUT2D eigenvalue weighted by atomic mass is 35.5. The Balaban J connectivity index is 2.00. The average molecular weight is 258 g/mol. The second-order valence-electron chi connectivity index (χ2n) is 3.91. The Morgan fingerprint density at radius 1 is 1.41 bits per heavy atom. The molecule has 0 radical (unpaired) electrons. The fraction of sp³-hybridized carbons (Fsp3) is 0.273. The highest BCUT2D eigenvalue weighted by Crippen LogP contribution is 2.39. The van der Waals surface area contributed by atoms with Crippen molar-refractivity contribution in [1.29, 1.82) is 0 Å². The number of rotatable bonds is 3. The Labute approximate surface area is 101 Å². The maximum Gasteiger partial charge on any atom is 0.307 e. The molecule has 1 aliphatic rings. The number of hydrogen-bond donors (Lipinski definition) is 2. The van der Waals surface area contributed by atoms with Crippen molar-refractivity contribution >= 4 is 29.2 Å². The van der Waals surface area contributed by atoms with Crippen molar-refractivity contribution in [2.45, 2.75) is 6.42 Å². The van der Waals surface area contributed by atoms with Gasteiger partial charge in [-0.3, -0.25) is 9.59 Å². The molecule has 0 unspecified atom stereocenters. The van der Waals surface area contributed by atoms with Crippen LogP contribution < -0.4 is 5.32 Å². The first kappa shape index (κ1) is 11.9. The van der Waals surface area contributed by atoms with Gasteiger partial charge in [-0.15, -0.1) is 0 Å². The first-order valence-electron chi connectivity index (χ1n) is 4.98. The molecule has 4 nitrogen and oxygen atoms in total. The fourth-order valence-electron chi connectivity index (χ4n) is 1.57. The summed E-state index contributed by atoms with van der Waals surface area (Å²) in [6, 6.07) is 3.88. The number of anilines is 1. The van der Waals surface area contributed by atoms with Gasteiger partial charge in [0.15, 0.2) is 0 Å². The maximum atomic E-state index is 13.1. The van der Waals surface area contributed by atoms with Gasteiger partial charge in [0.25, 0.3) is 0 Å². The SMILES string of the molecule is O=C(O)[C@H]1C[C@H]1C(=O)Nc1ccc(Cl)c(F)c1. The van der Waals surface area contributed by atoms with Crippen molar-refractivity contribution in [3.8, 4) is 0 Å². The number of benzene rings is 1. The van der Waals surface area contributed by atoms with Crippen LogP contribution in [0.5, 0.6) is 0 Å². The van der Waals surface area contributed by atoms with Gasteiger partial charge in [0, 0.05) is 5.69 Å². The lowest BCUT2D eigenvalue weighted by atomic mass is 10.2. The van der Waals surface area contributed by atoms with E-state index in [4.69, 9.17) is 16.7 Å². The average Bonchev–Trinajstić information content (AvgIpc) is 3.03. The van der Waals surface area contributed by atoms with E-state index >= 15 is 0 Å². The van der Waals surface area contributed by atoms with E-state index in [2.05, 4.69) is 5.32 Å². The van der Waals surface area contributed by atoms with Crippen molar-refractivity contribution in [2.75, 3.05) is 5.32 Å². The summed E-state index contributed by atoms with van der Waals surface area (Å²) in [7, 11) is 0. The molecule has 17 heavy (non-hydrogen) atoms. The smallest absolute Gasteiger partial charge is 0.307 e. The first-order chi connectivity index (χ1) is 7.99. The Morgan fingerprint density at radius 2 is 2.12 bits per heavy atom. The summed E-state index contributed by atoms with van der Waals surface area (Å²) in [5, 5.41) is 11.1. The van der Waals surface area contributed by atoms with E-state index < -0.39 is 29.5 Å². The van der Waals surface area contributed by atoms with E-state index in [9.17, 15) is 14.0 Å². The van der Waals surface area contributed by atoms with Gasteiger partial charge in [0.1, 0.15) is 5.82 Å². The van der Waals surface area contributed by atoms with Gasteiger partial charge >= 0.3 is 5.97 Å². The molecule has 6 heteroatoms. The van der Waals surface area contributed by atoms with Crippen molar-refractivity contribution in [3.63, 3.8) is 0 Å². The fourth-order valence-corrected chi connectivity index (χ4v) is 1.68. The largest absolute Gasteiger partial charge is 0.481 e. The first-order valence-corrected chi connectivity index (χ1v) is 5.35. The lowest BCUT2D eigenvalue weighted by molar-refractivity contribution is -0.139. The summed E-state index contributed by atoms with van der Waals surface area (Å²) in [6.07, 6.45) is 0.331. The van der Waals surface area contributed by atoms with E-state index in [0.29, 0.717) is 6.42 Å². The van der Waals surface area contributed by atoms with Crippen LogP contribution in [0.1, 0.15) is 6.42 Å². The molecule has 0 saturated heterocycles. The number of carbonyl (C=O) groups is 2. The number of amides is 1. The van der Waals surface area contributed by atoms with Gasteiger partial charge in [0.2, 0.25) is 5.91 Å². The number of hydrogen-bond acceptors (Lipinski definition) is 2. The van der Waals surface area contributed by atoms with Gasteiger partial charge < -0.3 is 10.4 Å². The van der Waals surface area contributed by atoms with Crippen LogP contribution in [0.3, 0.4) is 0 Å². The molecule has 1 aromatic rings. The zero-order valence-electron chi connectivity index (χ0n) is 8.61. The molecule has 1 aromatic carbocycles. The number of carboxylic acid groups (broad SMARTS) is 1. The quantitative estimate of drug-likeness (QED) is 0.872. The monoisotopic (exact) mass is 257 g/mol. The van der Waals surface area contributed by atoms with Crippen LogP contribution in [0, 0.1) is 17.7 Å². The summed E-state index contributed by atoms with van der Waals surface area (Å²) in [5.74, 6) is -3.15. The molecule has 2 atom stereocenters. The standard InChI is InChI=1S/C11H9ClFNO3/c12-8-2-1-5(3-9(8)13)14-10(15)6-4-7(6)11(16)17/h1-3,6-7H,4H2,(H,14,15)(H,16,17)/t6-,7+/m1/s1. The van der Waals surface area contributed by atoms with E-state index in [1.54, 1.807) is 0 Å². The molecule has 2 N–H and O–H groups in total. The molecule has 1 amide bonds. The second-order valence-corrected chi connectivity index (χ2v) is 4.31. The molecular weight excluding hydrogens is 249 g/mol. The highest BCUT2D eigenvalue weighted by molar-refractivity contribution is 6.30. The molecule has 1 saturated carbocycles. The molecule has 0 spiro atoms. The Kier molecular flexibility index (Phi) is 3.02. The predicted octanol–water partition coefficient (Wildman–Crippen LogP) is 2.14. The zero-order chi connectivity index (χ0) is 12.6. The number of carboxylic acids is 1. The van der Waals surface area contributed by atoms with Gasteiger partial charge in [-0.05, 0) is 24.6 Å². The minimum atomic E-state index is -0.979. The van der Waals surface area contributed by atoms with E-state index in [-0.39, 0.29) is 10.7 Å². The third-order valence-electron chi connectivity index (χ3n) is 2.63. The zero-order valence-corrected chi connectivity index (χ0v) is 9.37. The van der Waals surface area contributed by atoms with E-state index in [0.717, 1.165) is 6.07 Å². The Morgan fingerprint density at radius 3 is 2.65 bits per heavy atom. The van der Waals surface area contributed by atoms with Crippen molar-refractivity contribution in [1.82, 2.24) is 0 Å². The molecule has 0 bridgehead atoms. The summed E-state index contributed by atoms with van der Waals surface area (Å²) in [6.45, 7) is 0. The van der Waals surface area contributed by atoms with Crippen LogP contribution in [-0.2, 0) is 9.59 Å². The Hall–Kier alpha value is -1.62. The van der Waals surface area contributed by atoms with Crippen LogP contribution >= 0.6 is 11.6 Å². The van der Waals surface area contributed by atoms with Crippen molar-refractivity contribution < 1.29 is 19.1 Å². The van der Waals surface area contributed by atoms with Crippen LogP contribution in [0.4, 0.5) is 10.1 Å². The second kappa shape index (κ2) is 4.33. The lowest BCUT2D eigenvalue weighted by Crippen LogP contribution is -2.16. The third kappa shape index (κ3) is 2.55. The summed E-state index contributed by atoms with van der Waals surface area (Å²) >= 11 is 5.49. The molecule has 0 aliphatic heterocycles. The molecule has 90 valence electrons. The Bertz CT molecular complexity index is 492. The van der Waals surface area contributed by atoms with Crippen molar-refractivity contribution in [2.24, 2.45) is 11.8 Å².